The van der Waals surface area contributed by atoms with E-state index < -0.39 is 17.7 Å². The summed E-state index contributed by atoms with van der Waals surface area (Å²) in [6.45, 7) is 5.92. The number of fused-ring (bicyclic) bond motifs is 1. The first-order valence-corrected chi connectivity index (χ1v) is 12.9. The number of aliphatic hydroxyl groups is 1. The molecule has 38 heavy (non-hydrogen) atoms. The molecule has 0 bridgehead atoms. The quantitative estimate of drug-likeness (QED) is 0.190. The van der Waals surface area contributed by atoms with Gasteiger partial charge < -0.3 is 19.9 Å². The van der Waals surface area contributed by atoms with Crippen LogP contribution in [0.2, 0.25) is 0 Å². The third-order valence-corrected chi connectivity index (χ3v) is 7.27. The summed E-state index contributed by atoms with van der Waals surface area (Å²) in [7, 11) is 3.91. The monoisotopic (exact) mass is 508 g/mol. The number of aromatic nitrogens is 1. The number of ketones is 1. The first-order valence-electron chi connectivity index (χ1n) is 12.9. The first kappa shape index (κ1) is 25.1. The summed E-state index contributed by atoms with van der Waals surface area (Å²) in [5.41, 5.74) is 4.77. The molecule has 0 radical (unpaired) electrons. The van der Waals surface area contributed by atoms with Crippen LogP contribution in [0.3, 0.4) is 0 Å². The SMILES string of the molecule is CCN(CC)c1ccc(N2C(=O)C(=O)/C(=C(\O)c3c[nH]c4ccccc34)C2c2ccc(N(C)C)cc2)cc1. The number of carbonyl (C=O) groups excluding carboxylic acids is 2. The Bertz CT molecular complexity index is 1510. The average molecular weight is 509 g/mol. The molecule has 7 heteroatoms. The highest BCUT2D eigenvalue weighted by Crippen LogP contribution is 2.43. The van der Waals surface area contributed by atoms with Gasteiger partial charge in [-0.2, -0.15) is 0 Å². The van der Waals surface area contributed by atoms with E-state index in [-0.39, 0.29) is 11.3 Å². The number of amides is 1. The average Bonchev–Trinajstić information content (AvgIpc) is 3.48. The van der Waals surface area contributed by atoms with Crippen LogP contribution in [0.15, 0.2) is 84.6 Å². The maximum Gasteiger partial charge on any atom is 0.300 e. The number of nitrogens with one attached hydrogen (secondary N) is 1. The van der Waals surface area contributed by atoms with Gasteiger partial charge in [0.25, 0.3) is 11.7 Å². The normalized spacial score (nSPS) is 16.8. The van der Waals surface area contributed by atoms with Gasteiger partial charge in [-0.3, -0.25) is 14.5 Å². The van der Waals surface area contributed by atoms with Gasteiger partial charge in [0.2, 0.25) is 0 Å². The summed E-state index contributed by atoms with van der Waals surface area (Å²) >= 11 is 0. The predicted molar refractivity (Wildman–Crippen MR) is 154 cm³/mol. The Labute approximate surface area is 222 Å². The van der Waals surface area contributed by atoms with Crippen LogP contribution >= 0.6 is 0 Å². The lowest BCUT2D eigenvalue weighted by atomic mass is 9.94. The van der Waals surface area contributed by atoms with E-state index in [0.717, 1.165) is 40.9 Å². The Hall–Kier alpha value is -4.52. The van der Waals surface area contributed by atoms with Crippen LogP contribution < -0.4 is 14.7 Å². The van der Waals surface area contributed by atoms with Crippen molar-refractivity contribution in [2.75, 3.05) is 41.9 Å². The molecule has 0 saturated carbocycles. The number of hydrogen-bond acceptors (Lipinski definition) is 5. The lowest BCUT2D eigenvalue weighted by molar-refractivity contribution is -0.132. The summed E-state index contributed by atoms with van der Waals surface area (Å²) in [5, 5.41) is 12.3. The van der Waals surface area contributed by atoms with Crippen molar-refractivity contribution in [2.24, 2.45) is 0 Å². The Balaban J connectivity index is 1.68. The highest BCUT2D eigenvalue weighted by atomic mass is 16.3. The fourth-order valence-corrected chi connectivity index (χ4v) is 5.19. The molecule has 2 N–H and O–H groups in total. The Morgan fingerprint density at radius 1 is 0.895 bits per heavy atom. The molecule has 1 unspecified atom stereocenters. The number of anilines is 3. The molecule has 1 aliphatic heterocycles. The second kappa shape index (κ2) is 10.1. The molecular formula is C31H32N4O3. The highest BCUT2D eigenvalue weighted by molar-refractivity contribution is 6.51. The molecule has 194 valence electrons. The predicted octanol–water partition coefficient (Wildman–Crippen LogP) is 5.71. The standard InChI is InChI=1S/C31H32N4O3/c1-5-34(6-2)22-15-17-23(18-16-22)35-28(20-11-13-21(14-12-20)33(3)4)27(30(37)31(35)38)29(36)25-19-32-26-10-8-7-9-24(25)26/h7-19,28,32,36H,5-6H2,1-4H3/b29-27-. The number of aliphatic hydroxyl groups excluding tert-OH is 1. The number of hydrogen-bond donors (Lipinski definition) is 2. The largest absolute Gasteiger partial charge is 0.507 e. The van der Waals surface area contributed by atoms with Crippen molar-refractivity contribution in [3.8, 4) is 0 Å². The van der Waals surface area contributed by atoms with E-state index in [1.165, 1.54) is 4.90 Å². The fraction of sp³-hybridized carbons (Fsp3) is 0.226. The summed E-state index contributed by atoms with van der Waals surface area (Å²) in [6, 6.07) is 22.2. The van der Waals surface area contributed by atoms with Crippen LogP contribution in [0, 0.1) is 0 Å². The van der Waals surface area contributed by atoms with Crippen LogP contribution in [0.5, 0.6) is 0 Å². The number of H-pyrrole nitrogens is 1. The third kappa shape index (κ3) is 4.20. The second-order valence-electron chi connectivity index (χ2n) is 9.59. The van der Waals surface area contributed by atoms with E-state index in [9.17, 15) is 14.7 Å². The van der Waals surface area contributed by atoms with E-state index >= 15 is 0 Å². The molecule has 0 spiro atoms. The van der Waals surface area contributed by atoms with Gasteiger partial charge in [-0.05, 0) is 61.9 Å². The first-order chi connectivity index (χ1) is 18.3. The number of rotatable bonds is 7. The van der Waals surface area contributed by atoms with Crippen LogP contribution in [-0.4, -0.2) is 49.0 Å². The highest BCUT2D eigenvalue weighted by Gasteiger charge is 2.47. The maximum absolute atomic E-state index is 13.6. The zero-order valence-corrected chi connectivity index (χ0v) is 22.1. The molecular weight excluding hydrogens is 476 g/mol. The van der Waals surface area contributed by atoms with Crippen molar-refractivity contribution < 1.29 is 14.7 Å². The molecule has 0 aliphatic carbocycles. The fourth-order valence-electron chi connectivity index (χ4n) is 5.19. The molecule has 3 aromatic carbocycles. The van der Waals surface area contributed by atoms with Gasteiger partial charge in [-0.1, -0.05) is 30.3 Å². The van der Waals surface area contributed by atoms with E-state index in [2.05, 4.69) is 23.7 Å². The molecule has 7 nitrogen and oxygen atoms in total. The number of carbonyl (C=O) groups is 2. The summed E-state index contributed by atoms with van der Waals surface area (Å²) in [4.78, 5) is 35.9. The summed E-state index contributed by atoms with van der Waals surface area (Å²) in [5.74, 6) is -1.56. The van der Waals surface area contributed by atoms with Gasteiger partial charge in [-0.15, -0.1) is 0 Å². The zero-order chi connectivity index (χ0) is 27.0. The van der Waals surface area contributed by atoms with Crippen LogP contribution in [0.4, 0.5) is 17.1 Å². The minimum absolute atomic E-state index is 0.0742. The maximum atomic E-state index is 13.6. The van der Waals surface area contributed by atoms with Gasteiger partial charge in [0.15, 0.2) is 0 Å². The number of para-hydroxylation sites is 1. The van der Waals surface area contributed by atoms with E-state index in [1.807, 2.05) is 91.8 Å². The molecule has 2 heterocycles. The smallest absolute Gasteiger partial charge is 0.300 e. The Morgan fingerprint density at radius 3 is 2.16 bits per heavy atom. The van der Waals surface area contributed by atoms with Crippen LogP contribution in [0.25, 0.3) is 16.7 Å². The summed E-state index contributed by atoms with van der Waals surface area (Å²) < 4.78 is 0. The van der Waals surface area contributed by atoms with Crippen LogP contribution in [-0.2, 0) is 9.59 Å². The van der Waals surface area contributed by atoms with E-state index in [4.69, 9.17) is 0 Å². The molecule has 1 amide bonds. The number of nitrogens with zero attached hydrogens (tertiary/aromatic N) is 3. The molecule has 1 aromatic heterocycles. The lowest BCUT2D eigenvalue weighted by Gasteiger charge is -2.27. The minimum atomic E-state index is -0.779. The molecule has 4 aromatic rings. The van der Waals surface area contributed by atoms with Gasteiger partial charge in [0, 0.05) is 66.9 Å². The lowest BCUT2D eigenvalue weighted by Crippen LogP contribution is -2.29. The number of benzene rings is 3. The molecule has 1 saturated heterocycles. The van der Waals surface area contributed by atoms with E-state index in [0.29, 0.717) is 11.3 Å². The van der Waals surface area contributed by atoms with Crippen molar-refractivity contribution in [2.45, 2.75) is 19.9 Å². The second-order valence-corrected chi connectivity index (χ2v) is 9.59. The van der Waals surface area contributed by atoms with E-state index in [1.54, 1.807) is 6.20 Å². The minimum Gasteiger partial charge on any atom is -0.507 e. The van der Waals surface area contributed by atoms with Crippen LogP contribution in [0.1, 0.15) is 31.0 Å². The Kier molecular flexibility index (Phi) is 6.68. The molecule has 1 atom stereocenters. The molecule has 1 fully saturated rings. The van der Waals surface area contributed by atoms with Crippen molar-refractivity contribution >= 4 is 45.4 Å². The summed E-state index contributed by atoms with van der Waals surface area (Å²) in [6.07, 6.45) is 1.68. The van der Waals surface area contributed by atoms with Crippen molar-refractivity contribution in [3.05, 3.63) is 95.7 Å². The zero-order valence-electron chi connectivity index (χ0n) is 22.1. The Morgan fingerprint density at radius 2 is 1.53 bits per heavy atom. The van der Waals surface area contributed by atoms with Crippen molar-refractivity contribution in [1.29, 1.82) is 0 Å². The van der Waals surface area contributed by atoms with Gasteiger partial charge in [0.1, 0.15) is 5.76 Å². The van der Waals surface area contributed by atoms with Crippen molar-refractivity contribution in [1.82, 2.24) is 4.98 Å². The third-order valence-electron chi connectivity index (χ3n) is 7.27. The topological polar surface area (TPSA) is 79.9 Å². The van der Waals surface area contributed by atoms with Gasteiger partial charge >= 0.3 is 0 Å². The van der Waals surface area contributed by atoms with Gasteiger partial charge in [0.05, 0.1) is 11.6 Å². The molecule has 1 aliphatic rings. The number of aromatic amines is 1. The number of Topliss-reactive ketones (excluding diaryl/α,β-unsaturated/α-hetero) is 1. The molecule has 5 rings (SSSR count). The van der Waals surface area contributed by atoms with Gasteiger partial charge in [-0.25, -0.2) is 0 Å². The van der Waals surface area contributed by atoms with Crippen molar-refractivity contribution in [3.63, 3.8) is 0 Å².